The van der Waals surface area contributed by atoms with Gasteiger partial charge >= 0.3 is 24.8 Å². The fraction of sp³-hybridized carbons (Fsp3) is 0.947. The molecule has 0 saturated carbocycles. The van der Waals surface area contributed by atoms with E-state index in [0.717, 1.165) is 12.8 Å². The van der Waals surface area contributed by atoms with Gasteiger partial charge in [0.1, 0.15) is 6.10 Å². The minimum atomic E-state index is -0.994. The first kappa shape index (κ1) is 25.3. The number of aliphatic hydroxyl groups excluding tert-OH is 1. The first-order chi connectivity index (χ1) is 10.7. The fourth-order valence-electron chi connectivity index (χ4n) is 2.59. The molecule has 0 rings (SSSR count). The van der Waals surface area contributed by atoms with Crippen LogP contribution in [0.15, 0.2) is 0 Å². The van der Waals surface area contributed by atoms with E-state index in [1.807, 2.05) is 0 Å². The van der Waals surface area contributed by atoms with Gasteiger partial charge < -0.3 is 9.84 Å². The molecule has 3 nitrogen and oxygen atoms in total. The van der Waals surface area contributed by atoms with Crippen molar-refractivity contribution >= 4 is 24.8 Å². The molecule has 0 aliphatic rings. The van der Waals surface area contributed by atoms with E-state index in [2.05, 4.69) is 6.92 Å². The Hall–Kier alpha value is 0.0274. The summed E-state index contributed by atoms with van der Waals surface area (Å²) in [5, 5.41) is 8.96. The van der Waals surface area contributed by atoms with Crippen LogP contribution in [0, 0.1) is 0 Å². The zero-order valence-corrected chi connectivity index (χ0v) is 14.9. The number of carbonyl (C=O) groups is 1. The average molecular weight is 322 g/mol. The van der Waals surface area contributed by atoms with E-state index in [1.165, 1.54) is 84.0 Å². The topological polar surface area (TPSA) is 46.5 Å². The number of aliphatic hydroxyl groups is 1. The third kappa shape index (κ3) is 20.0. The minimum absolute atomic E-state index is 0. The molecule has 0 aromatic carbocycles. The molecule has 0 aliphatic heterocycles. The van der Waals surface area contributed by atoms with Gasteiger partial charge in [0, 0.05) is 0 Å². The zero-order chi connectivity index (χ0) is 16.5. The molecule has 0 aromatic heterocycles. The Morgan fingerprint density at radius 3 is 1.48 bits per heavy atom. The van der Waals surface area contributed by atoms with Gasteiger partial charge in [0.25, 0.3) is 0 Å². The summed E-state index contributed by atoms with van der Waals surface area (Å²) in [4.78, 5) is 11.0. The van der Waals surface area contributed by atoms with Crippen molar-refractivity contribution in [3.8, 4) is 0 Å². The molecule has 1 N–H and O–H groups in total. The van der Waals surface area contributed by atoms with Crippen molar-refractivity contribution in [2.24, 2.45) is 0 Å². The summed E-state index contributed by atoms with van der Waals surface area (Å²) in [6.45, 7) is 4.15. The summed E-state index contributed by atoms with van der Waals surface area (Å²) in [6.07, 6.45) is 17.5. The van der Waals surface area contributed by atoms with Gasteiger partial charge in [0.15, 0.2) is 0 Å². The molecule has 1 unspecified atom stereocenters. The predicted octanol–water partition coefficient (Wildman–Crippen LogP) is 4.74. The molecule has 0 radical (unpaired) electrons. The molecule has 1 atom stereocenters. The molecular formula is C19H39LiO3. The van der Waals surface area contributed by atoms with Gasteiger partial charge in [-0.15, -0.1) is 0 Å². The quantitative estimate of drug-likeness (QED) is 0.253. The number of hydrogen-bond acceptors (Lipinski definition) is 3. The maximum atomic E-state index is 11.0. The molecule has 0 heterocycles. The molecule has 0 aromatic rings. The number of esters is 1. The standard InChI is InChI=1S/C19H38O3.Li.H/c1-3-4-5-6-7-8-9-10-11-12-13-14-15-16-17-22-19(21)18(2)20;;/h18,20H,3-17H2,1-2H3;;. The molecular weight excluding hydrogens is 283 g/mol. The molecule has 0 fully saturated rings. The Morgan fingerprint density at radius 2 is 1.13 bits per heavy atom. The summed E-state index contributed by atoms with van der Waals surface area (Å²) in [7, 11) is 0. The fourth-order valence-corrected chi connectivity index (χ4v) is 2.59. The molecule has 0 saturated heterocycles. The predicted molar refractivity (Wildman–Crippen MR) is 100 cm³/mol. The van der Waals surface area contributed by atoms with Gasteiger partial charge in [-0.25, -0.2) is 4.79 Å². The van der Waals surface area contributed by atoms with Crippen molar-refractivity contribution in [3.63, 3.8) is 0 Å². The number of rotatable bonds is 16. The van der Waals surface area contributed by atoms with Crippen LogP contribution in [-0.4, -0.2) is 42.6 Å². The monoisotopic (exact) mass is 322 g/mol. The van der Waals surface area contributed by atoms with Crippen molar-refractivity contribution in [1.82, 2.24) is 0 Å². The SMILES string of the molecule is CCCCCCCCCCCCCCCCOC(=O)C(C)O.[LiH]. The van der Waals surface area contributed by atoms with Crippen LogP contribution in [0.1, 0.15) is 104 Å². The van der Waals surface area contributed by atoms with Crippen LogP contribution in [0.4, 0.5) is 0 Å². The van der Waals surface area contributed by atoms with Crippen LogP contribution in [0.2, 0.25) is 0 Å². The Kier molecular flexibility index (Phi) is 22.1. The van der Waals surface area contributed by atoms with Gasteiger partial charge in [-0.2, -0.15) is 0 Å². The third-order valence-corrected chi connectivity index (χ3v) is 4.08. The van der Waals surface area contributed by atoms with Crippen LogP contribution in [0.5, 0.6) is 0 Å². The number of unbranched alkanes of at least 4 members (excludes halogenated alkanes) is 13. The van der Waals surface area contributed by atoms with E-state index < -0.39 is 12.1 Å². The summed E-state index contributed by atoms with van der Waals surface area (Å²) >= 11 is 0. The second-order valence-corrected chi connectivity index (χ2v) is 6.44. The maximum absolute atomic E-state index is 11.0. The van der Waals surface area contributed by atoms with Crippen molar-refractivity contribution in [2.75, 3.05) is 6.61 Å². The number of carbonyl (C=O) groups excluding carboxylic acids is 1. The van der Waals surface area contributed by atoms with Gasteiger partial charge in [0.05, 0.1) is 6.61 Å². The number of ether oxygens (including phenoxy) is 1. The average Bonchev–Trinajstić information content (AvgIpc) is 2.50. The summed E-state index contributed by atoms with van der Waals surface area (Å²) in [5.74, 6) is -0.505. The van der Waals surface area contributed by atoms with Crippen LogP contribution in [0.25, 0.3) is 0 Å². The molecule has 0 amide bonds. The molecule has 134 valence electrons. The number of hydrogen-bond donors (Lipinski definition) is 1. The second-order valence-electron chi connectivity index (χ2n) is 6.44. The van der Waals surface area contributed by atoms with Crippen LogP contribution in [0.3, 0.4) is 0 Å². The summed E-state index contributed by atoms with van der Waals surface area (Å²) in [6, 6.07) is 0. The van der Waals surface area contributed by atoms with Gasteiger partial charge in [-0.05, 0) is 13.3 Å². The van der Waals surface area contributed by atoms with E-state index >= 15 is 0 Å². The summed E-state index contributed by atoms with van der Waals surface area (Å²) < 4.78 is 4.92. The van der Waals surface area contributed by atoms with Gasteiger partial charge in [-0.3, -0.25) is 0 Å². The Morgan fingerprint density at radius 1 is 0.783 bits per heavy atom. The van der Waals surface area contributed by atoms with E-state index in [-0.39, 0.29) is 18.9 Å². The van der Waals surface area contributed by atoms with Crippen LogP contribution in [-0.2, 0) is 9.53 Å². The zero-order valence-electron chi connectivity index (χ0n) is 14.9. The Bertz CT molecular complexity index is 245. The van der Waals surface area contributed by atoms with Crippen molar-refractivity contribution in [3.05, 3.63) is 0 Å². The molecule has 4 heteroatoms. The molecule has 0 aliphatic carbocycles. The normalized spacial score (nSPS) is 11.8. The first-order valence-corrected chi connectivity index (χ1v) is 9.53. The van der Waals surface area contributed by atoms with E-state index in [9.17, 15) is 4.79 Å². The van der Waals surface area contributed by atoms with Crippen LogP contribution < -0.4 is 0 Å². The summed E-state index contributed by atoms with van der Waals surface area (Å²) in [5.41, 5.74) is 0. The first-order valence-electron chi connectivity index (χ1n) is 9.53. The van der Waals surface area contributed by atoms with E-state index in [4.69, 9.17) is 9.84 Å². The van der Waals surface area contributed by atoms with E-state index in [1.54, 1.807) is 0 Å². The Balaban J connectivity index is 0. The van der Waals surface area contributed by atoms with Gasteiger partial charge in [0.2, 0.25) is 0 Å². The van der Waals surface area contributed by atoms with Gasteiger partial charge in [-0.1, -0.05) is 90.4 Å². The van der Waals surface area contributed by atoms with Crippen molar-refractivity contribution in [1.29, 1.82) is 0 Å². The molecule has 23 heavy (non-hydrogen) atoms. The van der Waals surface area contributed by atoms with Crippen LogP contribution >= 0.6 is 0 Å². The second kappa shape index (κ2) is 20.1. The van der Waals surface area contributed by atoms with Crippen molar-refractivity contribution in [2.45, 2.75) is 110 Å². The van der Waals surface area contributed by atoms with Crippen molar-refractivity contribution < 1.29 is 14.6 Å². The third-order valence-electron chi connectivity index (χ3n) is 4.08. The molecule has 0 spiro atoms. The van der Waals surface area contributed by atoms with E-state index in [0.29, 0.717) is 6.61 Å². The molecule has 0 bridgehead atoms. The Labute approximate surface area is 156 Å².